The Labute approximate surface area is 219 Å². The third-order valence-electron chi connectivity index (χ3n) is 7.22. The maximum absolute atomic E-state index is 14.6. The first-order valence-corrected chi connectivity index (χ1v) is 13.2. The van der Waals surface area contributed by atoms with Crippen molar-refractivity contribution in [2.24, 2.45) is 0 Å². The minimum atomic E-state index is -0.650. The summed E-state index contributed by atoms with van der Waals surface area (Å²) in [5.41, 5.74) is 2.70. The second kappa shape index (κ2) is 10.5. The monoisotopic (exact) mass is 523 g/mol. The van der Waals surface area contributed by atoms with Crippen LogP contribution in [0, 0.1) is 12.7 Å². The zero-order valence-electron chi connectivity index (χ0n) is 20.9. The number of ether oxygens (including phenoxy) is 1. The van der Waals surface area contributed by atoms with Crippen LogP contribution >= 0.6 is 11.5 Å². The lowest BCUT2D eigenvalue weighted by molar-refractivity contribution is 0.0938. The van der Waals surface area contributed by atoms with E-state index in [2.05, 4.69) is 20.0 Å². The first-order valence-electron chi connectivity index (χ1n) is 12.4. The maximum atomic E-state index is 14.6. The number of hydrogen-bond acceptors (Lipinski definition) is 6. The first-order chi connectivity index (χ1) is 17.9. The highest BCUT2D eigenvalue weighted by atomic mass is 32.1. The van der Waals surface area contributed by atoms with Crippen LogP contribution in [0.5, 0.6) is 0 Å². The van der Waals surface area contributed by atoms with Gasteiger partial charge in [-0.3, -0.25) is 4.79 Å². The van der Waals surface area contributed by atoms with Gasteiger partial charge in [0.05, 0.1) is 23.3 Å². The fraction of sp³-hybridized carbons (Fsp3) is 0.407. The van der Waals surface area contributed by atoms with E-state index in [-0.39, 0.29) is 17.8 Å². The number of aromatic nitrogens is 2. The number of urea groups is 1. The smallest absolute Gasteiger partial charge is 0.321 e. The molecule has 10 heteroatoms. The van der Waals surface area contributed by atoms with Crippen molar-refractivity contribution in [1.29, 1.82) is 0 Å². The van der Waals surface area contributed by atoms with E-state index >= 15 is 0 Å². The molecule has 1 saturated carbocycles. The summed E-state index contributed by atoms with van der Waals surface area (Å²) < 4.78 is 23.8. The second-order valence-electron chi connectivity index (χ2n) is 9.72. The molecule has 2 heterocycles. The Kier molecular flexibility index (Phi) is 7.21. The summed E-state index contributed by atoms with van der Waals surface area (Å²) in [5, 5.41) is 6.57. The number of nitrogens with one attached hydrogen (secondary N) is 2. The molecule has 3 amide bonds. The minimum Gasteiger partial charge on any atom is -0.383 e. The largest absolute Gasteiger partial charge is 0.383 e. The van der Waals surface area contributed by atoms with Crippen molar-refractivity contribution >= 4 is 29.2 Å². The maximum Gasteiger partial charge on any atom is 0.321 e. The molecule has 5 rings (SSSR count). The number of nitrogens with zero attached hydrogens (tertiary/aromatic N) is 3. The van der Waals surface area contributed by atoms with Crippen molar-refractivity contribution in [3.63, 3.8) is 0 Å². The summed E-state index contributed by atoms with van der Waals surface area (Å²) in [6.07, 6.45) is 4.30. The lowest BCUT2D eigenvalue weighted by Crippen LogP contribution is -2.38. The molecule has 3 aromatic rings. The summed E-state index contributed by atoms with van der Waals surface area (Å²) in [6.45, 7) is 3.28. The third kappa shape index (κ3) is 5.21. The quantitative estimate of drug-likeness (QED) is 0.425. The number of amides is 3. The van der Waals surface area contributed by atoms with Gasteiger partial charge in [-0.15, -0.1) is 0 Å². The summed E-state index contributed by atoms with van der Waals surface area (Å²) in [7, 11) is 1.57. The number of aryl methyl sites for hydroxylation is 1. The SMILES string of the molecule is COCCNC(=O)c1ccc(C2CC2)cc1NC(=O)N1CC[C@](c2ccc(C)c(F)c2)(c2ncns2)C1. The molecule has 1 saturated heterocycles. The average Bonchev–Trinajstić information content (AvgIpc) is 3.39. The second-order valence-corrected chi connectivity index (χ2v) is 10.5. The van der Waals surface area contributed by atoms with E-state index in [0.717, 1.165) is 29.0 Å². The summed E-state index contributed by atoms with van der Waals surface area (Å²) >= 11 is 1.26. The Hall–Kier alpha value is -3.37. The van der Waals surface area contributed by atoms with Crippen LogP contribution in [0.25, 0.3) is 0 Å². The van der Waals surface area contributed by atoms with Crippen LogP contribution in [0.15, 0.2) is 42.7 Å². The average molecular weight is 524 g/mol. The van der Waals surface area contributed by atoms with Crippen LogP contribution in [0.4, 0.5) is 14.9 Å². The van der Waals surface area contributed by atoms with Gasteiger partial charge in [-0.05, 0) is 78.5 Å². The molecule has 37 heavy (non-hydrogen) atoms. The van der Waals surface area contributed by atoms with E-state index in [1.807, 2.05) is 18.2 Å². The van der Waals surface area contributed by atoms with Crippen molar-refractivity contribution < 1.29 is 18.7 Å². The number of methoxy groups -OCH3 is 1. The van der Waals surface area contributed by atoms with Gasteiger partial charge >= 0.3 is 6.03 Å². The number of rotatable bonds is 8. The Balaban J connectivity index is 1.40. The van der Waals surface area contributed by atoms with Gasteiger partial charge in [0.15, 0.2) is 0 Å². The van der Waals surface area contributed by atoms with Gasteiger partial charge in [-0.2, -0.15) is 4.37 Å². The number of carbonyl (C=O) groups excluding carboxylic acids is 2. The van der Waals surface area contributed by atoms with Crippen LogP contribution < -0.4 is 10.6 Å². The van der Waals surface area contributed by atoms with E-state index in [1.165, 1.54) is 17.9 Å². The molecule has 1 aliphatic carbocycles. The number of carbonyl (C=O) groups is 2. The van der Waals surface area contributed by atoms with Gasteiger partial charge in [0.2, 0.25) is 0 Å². The molecule has 0 spiro atoms. The molecule has 0 unspecified atom stereocenters. The minimum absolute atomic E-state index is 0.269. The van der Waals surface area contributed by atoms with Gasteiger partial charge in [-0.25, -0.2) is 14.2 Å². The van der Waals surface area contributed by atoms with Crippen molar-refractivity contribution in [3.8, 4) is 0 Å². The van der Waals surface area contributed by atoms with Crippen molar-refractivity contribution in [2.45, 2.75) is 37.5 Å². The van der Waals surface area contributed by atoms with Crippen LogP contribution in [-0.2, 0) is 10.2 Å². The lowest BCUT2D eigenvalue weighted by atomic mass is 9.80. The third-order valence-corrected chi connectivity index (χ3v) is 8.09. The lowest BCUT2D eigenvalue weighted by Gasteiger charge is -2.28. The molecule has 0 bridgehead atoms. The van der Waals surface area contributed by atoms with Gasteiger partial charge in [-0.1, -0.05) is 18.2 Å². The molecular formula is C27H30FN5O3S. The molecule has 1 aromatic heterocycles. The van der Waals surface area contributed by atoms with Gasteiger partial charge in [0.1, 0.15) is 17.2 Å². The predicted molar refractivity (Wildman–Crippen MR) is 140 cm³/mol. The van der Waals surface area contributed by atoms with Crippen LogP contribution in [0.3, 0.4) is 0 Å². The Bertz CT molecular complexity index is 1300. The van der Waals surface area contributed by atoms with E-state index in [1.54, 1.807) is 37.1 Å². The van der Waals surface area contributed by atoms with E-state index < -0.39 is 5.41 Å². The molecule has 2 N–H and O–H groups in total. The molecule has 194 valence electrons. The number of hydrogen-bond donors (Lipinski definition) is 2. The van der Waals surface area contributed by atoms with Crippen LogP contribution in [0.2, 0.25) is 0 Å². The molecule has 2 fully saturated rings. The number of benzene rings is 2. The van der Waals surface area contributed by atoms with Crippen molar-refractivity contribution in [2.75, 3.05) is 38.7 Å². The highest BCUT2D eigenvalue weighted by Crippen LogP contribution is 2.43. The first kappa shape index (κ1) is 25.3. The topological polar surface area (TPSA) is 96.5 Å². The fourth-order valence-electron chi connectivity index (χ4n) is 4.88. The van der Waals surface area contributed by atoms with Gasteiger partial charge in [0.25, 0.3) is 5.91 Å². The number of anilines is 1. The summed E-state index contributed by atoms with van der Waals surface area (Å²) in [6, 6.07) is 10.5. The molecule has 1 atom stereocenters. The standard InChI is InChI=1S/C27H30FN5O3S/c1-17-3-7-20(14-22(17)28)27(25-30-16-31-37-25)9-11-33(15-27)26(35)32-23-13-19(18-4-5-18)6-8-21(23)24(34)29-10-12-36-2/h3,6-8,13-14,16,18H,4-5,9-12,15H2,1-2H3,(H,29,34)(H,32,35)/t27-/m0/s1. The Morgan fingerprint density at radius 3 is 2.78 bits per heavy atom. The van der Waals surface area contributed by atoms with Gasteiger partial charge in [0, 0.05) is 26.7 Å². The zero-order chi connectivity index (χ0) is 26.0. The number of halogens is 1. The molecule has 8 nitrogen and oxygen atoms in total. The predicted octanol–water partition coefficient (Wildman–Crippen LogP) is 4.46. The molecule has 2 aliphatic rings. The normalized spacial score (nSPS) is 19.2. The van der Waals surface area contributed by atoms with E-state index in [9.17, 15) is 14.0 Å². The highest BCUT2D eigenvalue weighted by Gasteiger charge is 2.45. The molecule has 1 aliphatic heterocycles. The van der Waals surface area contributed by atoms with Crippen molar-refractivity contribution in [3.05, 3.63) is 75.8 Å². The van der Waals surface area contributed by atoms with E-state index in [4.69, 9.17) is 4.74 Å². The summed E-state index contributed by atoms with van der Waals surface area (Å²) in [4.78, 5) is 32.5. The number of likely N-dealkylation sites (tertiary alicyclic amines) is 1. The van der Waals surface area contributed by atoms with Crippen molar-refractivity contribution in [1.82, 2.24) is 19.6 Å². The fourth-order valence-corrected chi connectivity index (χ4v) is 5.63. The molecule has 2 aromatic carbocycles. The van der Waals surface area contributed by atoms with E-state index in [0.29, 0.717) is 55.4 Å². The zero-order valence-corrected chi connectivity index (χ0v) is 21.7. The molecule has 0 radical (unpaired) electrons. The highest BCUT2D eigenvalue weighted by molar-refractivity contribution is 7.05. The Morgan fingerprint density at radius 2 is 2.08 bits per heavy atom. The van der Waals surface area contributed by atoms with Crippen LogP contribution in [0.1, 0.15) is 57.2 Å². The van der Waals surface area contributed by atoms with Gasteiger partial charge < -0.3 is 20.3 Å². The summed E-state index contributed by atoms with van der Waals surface area (Å²) in [5.74, 6) is -0.0886. The van der Waals surface area contributed by atoms with Crippen LogP contribution in [-0.4, -0.2) is 59.5 Å². The molecular weight excluding hydrogens is 493 g/mol. The Morgan fingerprint density at radius 1 is 1.24 bits per heavy atom.